The monoisotopic (exact) mass is 308 g/mol. The molecule has 0 radical (unpaired) electrons. The number of nitrogens with two attached hydrogens (primary N) is 1. The van der Waals surface area contributed by atoms with Crippen molar-refractivity contribution >= 4 is 40.3 Å². The third kappa shape index (κ3) is 2.90. The second-order valence-corrected chi connectivity index (χ2v) is 5.29. The Bertz CT molecular complexity index is 700. The summed E-state index contributed by atoms with van der Waals surface area (Å²) in [6, 6.07) is 12.1. The molecule has 104 valence electrons. The molecular weight excluding hydrogens is 294 g/mol. The van der Waals surface area contributed by atoms with Crippen molar-refractivity contribution in [2.45, 2.75) is 4.90 Å². The molecule has 6 heteroatoms. The van der Waals surface area contributed by atoms with Gasteiger partial charge in [0.05, 0.1) is 21.0 Å². The summed E-state index contributed by atoms with van der Waals surface area (Å²) < 4.78 is 2.04. The molecular formula is C14H15ClN3OS+. The number of hydrogen-bond acceptors (Lipinski definition) is 3. The van der Waals surface area contributed by atoms with Crippen molar-refractivity contribution in [1.82, 2.24) is 3.97 Å². The summed E-state index contributed by atoms with van der Waals surface area (Å²) >= 11 is 7.80. The van der Waals surface area contributed by atoms with E-state index in [0.717, 1.165) is 23.0 Å². The third-order valence-electron chi connectivity index (χ3n) is 2.65. The highest BCUT2D eigenvalue weighted by Gasteiger charge is 2.15. The molecule has 0 saturated heterocycles. The number of aromatic amines is 1. The lowest BCUT2D eigenvalue weighted by molar-refractivity contribution is -0.346. The number of halogens is 1. The molecule has 0 atom stereocenters. The summed E-state index contributed by atoms with van der Waals surface area (Å²) in [6.45, 7) is 0. The van der Waals surface area contributed by atoms with Crippen LogP contribution in [0.25, 0.3) is 11.0 Å². The van der Waals surface area contributed by atoms with Crippen molar-refractivity contribution < 1.29 is 10.1 Å². The lowest BCUT2D eigenvalue weighted by Gasteiger charge is -1.98. The molecule has 4 nitrogen and oxygen atoms in total. The molecule has 0 unspecified atom stereocenters. The predicted molar refractivity (Wildman–Crippen MR) is 83.8 cm³/mol. The first-order valence-corrected chi connectivity index (χ1v) is 7.05. The summed E-state index contributed by atoms with van der Waals surface area (Å²) in [5.41, 5.74) is 7.28. The zero-order valence-corrected chi connectivity index (χ0v) is 12.4. The largest absolute Gasteiger partial charge is 0.400 e. The Kier molecular flexibility index (Phi) is 4.89. The van der Waals surface area contributed by atoms with E-state index in [1.165, 1.54) is 0 Å². The van der Waals surface area contributed by atoms with E-state index in [1.807, 2.05) is 34.4 Å². The Labute approximate surface area is 126 Å². The molecule has 0 aliphatic rings. The van der Waals surface area contributed by atoms with Gasteiger partial charge in [0.25, 0.3) is 5.65 Å². The minimum atomic E-state index is 0.562. The summed E-state index contributed by atoms with van der Waals surface area (Å²) in [6.07, 6.45) is 3.69. The molecule has 0 aliphatic carbocycles. The maximum absolute atomic E-state index is 7.00. The van der Waals surface area contributed by atoms with Gasteiger partial charge in [0.2, 0.25) is 0 Å². The lowest BCUT2D eigenvalue weighted by atomic mass is 10.3. The molecule has 0 fully saturated rings. The van der Waals surface area contributed by atoms with Gasteiger partial charge in [-0.15, -0.1) is 0 Å². The Hall–Kier alpha value is -1.69. The standard InChI is InChI=1S/C13H10ClN3S.CH4O/c14-12-10-6-7-17(13(10)16-8-11(12)15)18-9-4-2-1-3-5-9;1-2/h1-8H,15H2;2H,1H3/p+1. The summed E-state index contributed by atoms with van der Waals surface area (Å²) in [5, 5.41) is 8.52. The van der Waals surface area contributed by atoms with E-state index >= 15 is 0 Å². The number of anilines is 1. The number of fused-ring (bicyclic) bond motifs is 1. The molecule has 2 heterocycles. The number of rotatable bonds is 2. The molecule has 3 rings (SSSR count). The second-order valence-electron chi connectivity index (χ2n) is 3.87. The van der Waals surface area contributed by atoms with E-state index in [0.29, 0.717) is 10.7 Å². The average Bonchev–Trinajstić information content (AvgIpc) is 2.90. The Balaban J connectivity index is 0.000000704. The topological polar surface area (TPSA) is 65.3 Å². The Morgan fingerprint density at radius 2 is 1.90 bits per heavy atom. The molecule has 20 heavy (non-hydrogen) atoms. The zero-order chi connectivity index (χ0) is 14.5. The highest BCUT2D eigenvalue weighted by atomic mass is 35.5. The van der Waals surface area contributed by atoms with Gasteiger partial charge in [-0.3, -0.25) is 0 Å². The van der Waals surface area contributed by atoms with Crippen LogP contribution in [0.15, 0.2) is 53.7 Å². The summed E-state index contributed by atoms with van der Waals surface area (Å²) in [4.78, 5) is 4.32. The average molecular weight is 309 g/mol. The van der Waals surface area contributed by atoms with E-state index in [2.05, 4.69) is 17.1 Å². The molecule has 0 amide bonds. The van der Waals surface area contributed by atoms with Crippen LogP contribution in [0, 0.1) is 0 Å². The van der Waals surface area contributed by atoms with E-state index < -0.39 is 0 Å². The molecule has 2 aromatic heterocycles. The van der Waals surface area contributed by atoms with Gasteiger partial charge < -0.3 is 10.8 Å². The lowest BCUT2D eigenvalue weighted by Crippen LogP contribution is -2.08. The van der Waals surface area contributed by atoms with Gasteiger partial charge in [0.1, 0.15) is 24.3 Å². The van der Waals surface area contributed by atoms with Crippen LogP contribution in [0.3, 0.4) is 0 Å². The van der Waals surface area contributed by atoms with Gasteiger partial charge in [-0.2, -0.15) is 3.97 Å². The van der Waals surface area contributed by atoms with E-state index in [1.54, 1.807) is 18.1 Å². The fraction of sp³-hybridized carbons (Fsp3) is 0.0714. The summed E-state index contributed by atoms with van der Waals surface area (Å²) in [5.74, 6) is 0. The van der Waals surface area contributed by atoms with Crippen LogP contribution in [-0.4, -0.2) is 16.2 Å². The first kappa shape index (κ1) is 14.7. The number of nitrogens with one attached hydrogen (secondary N) is 1. The minimum Gasteiger partial charge on any atom is -0.400 e. The molecule has 3 aromatic rings. The molecule has 1 aromatic carbocycles. The Morgan fingerprint density at radius 1 is 1.20 bits per heavy atom. The first-order valence-electron chi connectivity index (χ1n) is 5.90. The highest BCUT2D eigenvalue weighted by molar-refractivity contribution is 7.98. The minimum absolute atomic E-state index is 0.562. The van der Waals surface area contributed by atoms with Crippen molar-refractivity contribution in [3.05, 3.63) is 53.8 Å². The van der Waals surface area contributed by atoms with Gasteiger partial charge in [0.15, 0.2) is 0 Å². The molecule has 0 aliphatic heterocycles. The predicted octanol–water partition coefficient (Wildman–Crippen LogP) is 2.85. The van der Waals surface area contributed by atoms with Crippen LogP contribution in [0.4, 0.5) is 5.69 Å². The van der Waals surface area contributed by atoms with Crippen molar-refractivity contribution in [3.8, 4) is 0 Å². The van der Waals surface area contributed by atoms with E-state index in [4.69, 9.17) is 22.4 Å². The number of hydrogen-bond donors (Lipinski definition) is 2. The van der Waals surface area contributed by atoms with E-state index in [9.17, 15) is 0 Å². The number of aliphatic hydroxyl groups is 1. The van der Waals surface area contributed by atoms with Crippen molar-refractivity contribution in [2.24, 2.45) is 0 Å². The smallest absolute Gasteiger partial charge is 0.300 e. The summed E-state index contributed by atoms with van der Waals surface area (Å²) in [7, 11) is 1.00. The van der Waals surface area contributed by atoms with Crippen LogP contribution in [0.1, 0.15) is 0 Å². The van der Waals surface area contributed by atoms with Crippen LogP contribution in [0.5, 0.6) is 0 Å². The maximum Gasteiger partial charge on any atom is 0.300 e. The van der Waals surface area contributed by atoms with Crippen molar-refractivity contribution in [1.29, 1.82) is 0 Å². The van der Waals surface area contributed by atoms with Crippen LogP contribution >= 0.6 is 23.5 Å². The maximum atomic E-state index is 7.00. The molecule has 0 spiro atoms. The normalized spacial score (nSPS) is 10.2. The van der Waals surface area contributed by atoms with Gasteiger partial charge in [-0.25, -0.2) is 4.98 Å². The first-order chi connectivity index (χ1) is 9.75. The van der Waals surface area contributed by atoms with Crippen LogP contribution < -0.4 is 10.7 Å². The fourth-order valence-corrected chi connectivity index (χ4v) is 2.85. The number of aromatic nitrogens is 2. The van der Waals surface area contributed by atoms with Crippen molar-refractivity contribution in [3.63, 3.8) is 0 Å². The highest BCUT2D eigenvalue weighted by Crippen LogP contribution is 2.30. The van der Waals surface area contributed by atoms with E-state index in [-0.39, 0.29) is 0 Å². The molecule has 4 N–H and O–H groups in total. The van der Waals surface area contributed by atoms with Gasteiger partial charge in [-0.1, -0.05) is 29.8 Å². The quantitative estimate of drug-likeness (QED) is 0.765. The van der Waals surface area contributed by atoms with Crippen LogP contribution in [-0.2, 0) is 0 Å². The van der Waals surface area contributed by atoms with Crippen molar-refractivity contribution in [2.75, 3.05) is 12.8 Å². The number of benzene rings is 1. The third-order valence-corrected chi connectivity index (χ3v) is 4.06. The Morgan fingerprint density at radius 3 is 2.60 bits per heavy atom. The SMILES string of the molecule is CO.Nc1c[nH+]c2c(ccn2Sc2ccccc2)c1Cl. The number of pyridine rings is 1. The number of nitrogen functional groups attached to an aromatic ring is 1. The molecule has 0 bridgehead atoms. The molecule has 0 saturated carbocycles. The van der Waals surface area contributed by atoms with Gasteiger partial charge in [-0.05, 0) is 18.2 Å². The number of aliphatic hydroxyl groups excluding tert-OH is 1. The second kappa shape index (κ2) is 6.65. The fourth-order valence-electron chi connectivity index (χ4n) is 1.77. The number of nitrogens with zero attached hydrogens (tertiary/aromatic N) is 1. The van der Waals surface area contributed by atoms with Gasteiger partial charge in [0, 0.05) is 7.11 Å². The number of H-pyrrole nitrogens is 1. The zero-order valence-electron chi connectivity index (χ0n) is 10.9. The van der Waals surface area contributed by atoms with Gasteiger partial charge >= 0.3 is 0 Å². The van der Waals surface area contributed by atoms with Crippen LogP contribution in [0.2, 0.25) is 5.02 Å².